The molecule has 0 amide bonds. The summed E-state index contributed by atoms with van der Waals surface area (Å²) in [7, 11) is -10.7. The number of unbranched alkanes of at least 4 members (excludes halogenated alkanes) is 3. The van der Waals surface area contributed by atoms with Gasteiger partial charge in [-0.25, -0.2) is 9.13 Å². The van der Waals surface area contributed by atoms with Crippen LogP contribution in [0.3, 0.4) is 0 Å². The number of rotatable bonds is 6. The maximum atomic E-state index is 9.87. The first-order valence-corrected chi connectivity index (χ1v) is 8.06. The molecular weight excluding hydrogens is 309 g/mol. The third kappa shape index (κ3) is 17.2. The zero-order chi connectivity index (χ0) is 15.9. The quantitative estimate of drug-likeness (QED) is 0.349. The minimum absolute atomic E-state index is 0.0714. The standard InChI is InChI=1S/C10H19N2O.F6P/c1-2-3-4-5-6-11-7-8-12(9-11)10-13;1-7(2,3,4,5)6/h7-9,13H,2-6,10H2,1H3;/q+1;-1. The molecule has 122 valence electrons. The van der Waals surface area contributed by atoms with E-state index >= 15 is 0 Å². The molecule has 1 N–H and O–H groups in total. The van der Waals surface area contributed by atoms with Crippen LogP contribution in [0.15, 0.2) is 18.7 Å². The second-order valence-electron chi connectivity index (χ2n) is 4.33. The molecule has 0 saturated heterocycles. The van der Waals surface area contributed by atoms with Gasteiger partial charge in [0.15, 0.2) is 6.73 Å². The Balaban J connectivity index is 0.000000441. The van der Waals surface area contributed by atoms with Crippen molar-refractivity contribution in [3.63, 3.8) is 0 Å². The number of imidazole rings is 1. The Hall–Kier alpha value is -0.820. The normalized spacial score (nSPS) is 15.0. The number of aryl methyl sites for hydroxylation is 1. The molecule has 0 atom stereocenters. The van der Waals surface area contributed by atoms with Gasteiger partial charge < -0.3 is 5.11 Å². The average Bonchev–Trinajstić information content (AvgIpc) is 2.68. The molecule has 0 saturated carbocycles. The van der Waals surface area contributed by atoms with Crippen molar-refractivity contribution in [1.29, 1.82) is 0 Å². The maximum absolute atomic E-state index is 10.7. The fourth-order valence-electron chi connectivity index (χ4n) is 1.38. The number of nitrogens with zero attached hydrogens (tertiary/aromatic N) is 2. The monoisotopic (exact) mass is 328 g/mol. The van der Waals surface area contributed by atoms with Crippen LogP contribution in [-0.4, -0.2) is 9.67 Å². The number of hydrogen-bond acceptors (Lipinski definition) is 1. The third-order valence-corrected chi connectivity index (χ3v) is 2.18. The molecule has 0 radical (unpaired) electrons. The van der Waals surface area contributed by atoms with Crippen LogP contribution in [0.25, 0.3) is 0 Å². The molecule has 1 aromatic heterocycles. The summed E-state index contributed by atoms with van der Waals surface area (Å²) >= 11 is 0. The van der Waals surface area contributed by atoms with Gasteiger partial charge in [0.25, 0.3) is 0 Å². The summed E-state index contributed by atoms with van der Waals surface area (Å²) in [5, 5.41) is 8.81. The molecule has 0 bridgehead atoms. The summed E-state index contributed by atoms with van der Waals surface area (Å²) in [4.78, 5) is 0. The summed E-state index contributed by atoms with van der Waals surface area (Å²) in [6.07, 6.45) is 11.0. The Labute approximate surface area is 113 Å². The van der Waals surface area contributed by atoms with Gasteiger partial charge in [0.05, 0.1) is 6.54 Å². The number of aliphatic hydroxyl groups is 1. The van der Waals surface area contributed by atoms with Gasteiger partial charge in [0.1, 0.15) is 12.4 Å². The topological polar surface area (TPSA) is 29.0 Å². The first-order chi connectivity index (χ1) is 8.81. The van der Waals surface area contributed by atoms with E-state index in [1.807, 2.05) is 18.7 Å². The van der Waals surface area contributed by atoms with Crippen LogP contribution >= 0.6 is 7.81 Å². The van der Waals surface area contributed by atoms with Gasteiger partial charge >= 0.3 is 33.0 Å². The van der Waals surface area contributed by atoms with E-state index < -0.39 is 7.81 Å². The molecular formula is C10H19F6N2OP. The first kappa shape index (κ1) is 19.2. The molecule has 0 unspecified atom stereocenters. The summed E-state index contributed by atoms with van der Waals surface area (Å²) in [5.41, 5.74) is 0. The van der Waals surface area contributed by atoms with Crippen molar-refractivity contribution in [2.75, 3.05) is 0 Å². The van der Waals surface area contributed by atoms with Gasteiger partial charge in [0.2, 0.25) is 6.33 Å². The van der Waals surface area contributed by atoms with Crippen molar-refractivity contribution in [3.05, 3.63) is 18.7 Å². The Morgan fingerprint density at radius 2 is 1.60 bits per heavy atom. The predicted octanol–water partition coefficient (Wildman–Crippen LogP) is 4.69. The molecule has 20 heavy (non-hydrogen) atoms. The number of aliphatic hydroxyl groups excluding tert-OH is 1. The summed E-state index contributed by atoms with van der Waals surface area (Å²) in [6, 6.07) is 0. The van der Waals surface area contributed by atoms with Gasteiger partial charge in [-0.3, -0.25) is 0 Å². The van der Waals surface area contributed by atoms with E-state index in [0.29, 0.717) is 0 Å². The molecule has 0 fully saturated rings. The Bertz CT molecular complexity index is 391. The van der Waals surface area contributed by atoms with Crippen molar-refractivity contribution >= 4 is 7.81 Å². The fourth-order valence-corrected chi connectivity index (χ4v) is 1.38. The van der Waals surface area contributed by atoms with Gasteiger partial charge in [0, 0.05) is 0 Å². The second kappa shape index (κ2) is 6.30. The van der Waals surface area contributed by atoms with Crippen LogP contribution in [0.1, 0.15) is 32.6 Å². The average molecular weight is 328 g/mol. The predicted molar refractivity (Wildman–Crippen MR) is 64.6 cm³/mol. The van der Waals surface area contributed by atoms with E-state index in [1.165, 1.54) is 25.7 Å². The van der Waals surface area contributed by atoms with E-state index in [2.05, 4.69) is 11.5 Å². The third-order valence-electron chi connectivity index (χ3n) is 2.18. The molecule has 1 aromatic rings. The fraction of sp³-hybridized carbons (Fsp3) is 0.700. The molecule has 1 rings (SSSR count). The first-order valence-electron chi connectivity index (χ1n) is 6.04. The number of hydrogen-bond donors (Lipinski definition) is 1. The summed E-state index contributed by atoms with van der Waals surface area (Å²) < 4.78 is 63.1. The van der Waals surface area contributed by atoms with Crippen LogP contribution in [-0.2, 0) is 13.3 Å². The molecule has 1 heterocycles. The summed E-state index contributed by atoms with van der Waals surface area (Å²) in [5.74, 6) is 0. The minimum atomic E-state index is -10.7. The van der Waals surface area contributed by atoms with E-state index in [-0.39, 0.29) is 6.73 Å². The van der Waals surface area contributed by atoms with Gasteiger partial charge in [-0.05, 0) is 12.8 Å². The molecule has 0 spiro atoms. The van der Waals surface area contributed by atoms with E-state index in [0.717, 1.165) is 6.54 Å². The van der Waals surface area contributed by atoms with Crippen LogP contribution < -0.4 is 4.57 Å². The van der Waals surface area contributed by atoms with E-state index in [9.17, 15) is 25.2 Å². The van der Waals surface area contributed by atoms with Crippen LogP contribution in [0, 0.1) is 0 Å². The van der Waals surface area contributed by atoms with Gasteiger partial charge in [-0.1, -0.05) is 19.8 Å². The molecule has 10 heteroatoms. The number of halogens is 6. The van der Waals surface area contributed by atoms with Crippen molar-refractivity contribution in [2.45, 2.75) is 45.9 Å². The zero-order valence-electron chi connectivity index (χ0n) is 11.0. The van der Waals surface area contributed by atoms with Crippen LogP contribution in [0.4, 0.5) is 25.2 Å². The zero-order valence-corrected chi connectivity index (χ0v) is 11.9. The Kier molecular flexibility index (Phi) is 6.04. The van der Waals surface area contributed by atoms with Crippen LogP contribution in [0.2, 0.25) is 0 Å². The Morgan fingerprint density at radius 3 is 2.00 bits per heavy atom. The molecule has 3 nitrogen and oxygen atoms in total. The molecule has 0 aliphatic rings. The van der Waals surface area contributed by atoms with E-state index in [1.54, 1.807) is 4.57 Å². The second-order valence-corrected chi connectivity index (χ2v) is 6.24. The van der Waals surface area contributed by atoms with Crippen LogP contribution in [0.5, 0.6) is 0 Å². The van der Waals surface area contributed by atoms with Crippen molar-refractivity contribution in [3.8, 4) is 0 Å². The van der Waals surface area contributed by atoms with Crippen molar-refractivity contribution in [1.82, 2.24) is 4.57 Å². The van der Waals surface area contributed by atoms with E-state index in [4.69, 9.17) is 5.11 Å². The molecule has 0 aliphatic heterocycles. The van der Waals surface area contributed by atoms with Crippen molar-refractivity contribution in [2.24, 2.45) is 0 Å². The van der Waals surface area contributed by atoms with Crippen molar-refractivity contribution < 1.29 is 34.9 Å². The Morgan fingerprint density at radius 1 is 1.05 bits per heavy atom. The SMILES string of the molecule is CCCCCCn1cc[n+](CO)c1.F[P-](F)(F)(F)(F)F. The number of aromatic nitrogens is 2. The van der Waals surface area contributed by atoms with Gasteiger partial charge in [-0.15, -0.1) is 0 Å². The van der Waals surface area contributed by atoms with Gasteiger partial charge in [-0.2, -0.15) is 0 Å². The molecule has 0 aliphatic carbocycles. The summed E-state index contributed by atoms with van der Waals surface area (Å²) in [6.45, 7) is 3.35. The molecule has 0 aromatic carbocycles.